The van der Waals surface area contributed by atoms with Crippen molar-refractivity contribution in [1.82, 2.24) is 4.48 Å². The summed E-state index contributed by atoms with van der Waals surface area (Å²) in [4.78, 5) is 2.71. The lowest BCUT2D eigenvalue weighted by Gasteiger charge is -2.47. The molecule has 2 aliphatic heterocycles. The molecule has 4 aliphatic rings. The first-order chi connectivity index (χ1) is 32.2. The van der Waals surface area contributed by atoms with Gasteiger partial charge in [-0.15, -0.1) is 11.3 Å². The van der Waals surface area contributed by atoms with Crippen molar-refractivity contribution < 1.29 is 0 Å². The van der Waals surface area contributed by atoms with Gasteiger partial charge in [-0.05, 0) is 91.2 Å². The molecule has 0 spiro atoms. The van der Waals surface area contributed by atoms with E-state index in [1.54, 1.807) is 0 Å². The van der Waals surface area contributed by atoms with E-state index >= 15 is 0 Å². The predicted octanol–water partition coefficient (Wildman–Crippen LogP) is 15.7. The topological polar surface area (TPSA) is 8.17 Å². The van der Waals surface area contributed by atoms with E-state index in [-0.39, 0.29) is 28.5 Å². The van der Waals surface area contributed by atoms with Crippen LogP contribution >= 0.6 is 11.3 Å². The Morgan fingerprint density at radius 1 is 0.493 bits per heavy atom. The van der Waals surface area contributed by atoms with Crippen molar-refractivity contribution in [2.75, 3.05) is 4.90 Å². The van der Waals surface area contributed by atoms with Crippen LogP contribution in [0.15, 0.2) is 158 Å². The van der Waals surface area contributed by atoms with Gasteiger partial charge in [-0.1, -0.05) is 190 Å². The van der Waals surface area contributed by atoms with Crippen molar-refractivity contribution in [3.05, 3.63) is 197 Å². The van der Waals surface area contributed by atoms with Crippen LogP contribution in [0.25, 0.3) is 64.6 Å². The minimum Gasteiger partial charge on any atom is -0.375 e. The molecule has 324 valence electrons. The van der Waals surface area contributed by atoms with Crippen molar-refractivity contribution in [3.8, 4) is 33.5 Å². The van der Waals surface area contributed by atoms with E-state index in [4.69, 9.17) is 0 Å². The Kier molecular flexibility index (Phi) is 7.60. The van der Waals surface area contributed by atoms with Crippen LogP contribution in [0.3, 0.4) is 0 Å². The summed E-state index contributed by atoms with van der Waals surface area (Å²) in [6, 6.07) is 61.2. The van der Waals surface area contributed by atoms with Gasteiger partial charge in [-0.2, -0.15) is 0 Å². The third kappa shape index (κ3) is 4.92. The quantitative estimate of drug-likeness (QED) is 0.157. The van der Waals surface area contributed by atoms with E-state index in [1.165, 1.54) is 132 Å². The summed E-state index contributed by atoms with van der Waals surface area (Å²) < 4.78 is 5.54. The highest BCUT2D eigenvalue weighted by Gasteiger charge is 2.51. The highest BCUT2D eigenvalue weighted by Crippen LogP contribution is 2.59. The van der Waals surface area contributed by atoms with E-state index in [0.29, 0.717) is 0 Å². The molecule has 10 aromatic rings. The zero-order chi connectivity index (χ0) is 45.7. The number of rotatable bonds is 2. The molecule has 0 saturated carbocycles. The lowest BCUT2D eigenvalue weighted by atomic mass is 9.44. The smallest absolute Gasteiger partial charge is 0.333 e. The Labute approximate surface area is 398 Å². The summed E-state index contributed by atoms with van der Waals surface area (Å²) in [5, 5.41) is 4.03. The van der Waals surface area contributed by atoms with Crippen LogP contribution in [-0.2, 0) is 21.7 Å². The monoisotopic (exact) mass is 880 g/mol. The maximum Gasteiger partial charge on any atom is 0.333 e. The Morgan fingerprint density at radius 2 is 1.13 bits per heavy atom. The molecule has 2 aromatic heterocycles. The van der Waals surface area contributed by atoms with E-state index in [2.05, 4.69) is 229 Å². The molecular weight excluding hydrogens is 828 g/mol. The van der Waals surface area contributed by atoms with Crippen LogP contribution in [0, 0.1) is 0 Å². The summed E-state index contributed by atoms with van der Waals surface area (Å²) >= 11 is 1.97. The summed E-state index contributed by atoms with van der Waals surface area (Å²) in [5.41, 5.74) is 25.0. The second-order valence-corrected chi connectivity index (χ2v) is 23.5. The van der Waals surface area contributed by atoms with Crippen molar-refractivity contribution in [2.24, 2.45) is 0 Å². The second kappa shape index (κ2) is 12.9. The van der Waals surface area contributed by atoms with Crippen LogP contribution in [0.1, 0.15) is 101 Å². The van der Waals surface area contributed by atoms with Crippen LogP contribution in [0.4, 0.5) is 17.1 Å². The van der Waals surface area contributed by atoms with Crippen molar-refractivity contribution in [3.63, 3.8) is 0 Å². The van der Waals surface area contributed by atoms with Gasteiger partial charge < -0.3 is 9.38 Å². The summed E-state index contributed by atoms with van der Waals surface area (Å²) in [7, 11) is 0. The van der Waals surface area contributed by atoms with Gasteiger partial charge in [0.05, 0.1) is 5.69 Å². The molecule has 4 heteroatoms. The van der Waals surface area contributed by atoms with Gasteiger partial charge in [0.15, 0.2) is 0 Å². The number of hydrogen-bond donors (Lipinski definition) is 0. The first-order valence-corrected chi connectivity index (χ1v) is 25.0. The van der Waals surface area contributed by atoms with Gasteiger partial charge in [0.1, 0.15) is 0 Å². The van der Waals surface area contributed by atoms with E-state index in [1.807, 2.05) is 11.3 Å². The zero-order valence-electron chi connectivity index (χ0n) is 39.9. The average Bonchev–Trinajstić information content (AvgIpc) is 3.96. The lowest BCUT2D eigenvalue weighted by molar-refractivity contribution is 0.521. The van der Waals surface area contributed by atoms with Gasteiger partial charge in [0.25, 0.3) is 0 Å². The number of thiophene rings is 1. The third-order valence-electron chi connectivity index (χ3n) is 16.7. The standard InChI is InChI=1S/C63H53BN2S/c1-60(2,3)37-30-31-50(42(32-37)36-20-11-10-12-21-36)65-51-35-48-47(61(4,5)45-27-16-17-28-46(45)62(48,6)7)34-49(51)64-56-52(65)33-43-38-22-14-18-29-53(38)67-59(43)54(56)40-24-19-25-41-55-58(66(64)57(40)41)39-23-13-15-26-44(39)63(55,8)9/h10-35H,1-9H3. The number of benzene rings is 8. The Morgan fingerprint density at radius 3 is 1.88 bits per heavy atom. The molecule has 0 amide bonds. The van der Waals surface area contributed by atoms with Gasteiger partial charge in [0.2, 0.25) is 0 Å². The minimum atomic E-state index is -0.233. The summed E-state index contributed by atoms with van der Waals surface area (Å²) in [5.74, 6) is 0. The van der Waals surface area contributed by atoms with Crippen LogP contribution in [0.5, 0.6) is 0 Å². The number of aromatic nitrogens is 1. The molecule has 14 rings (SSSR count). The normalized spacial score (nSPS) is 16.4. The summed E-state index contributed by atoms with van der Waals surface area (Å²) in [6.07, 6.45) is 0. The fourth-order valence-electron chi connectivity index (χ4n) is 13.5. The van der Waals surface area contributed by atoms with E-state index in [0.717, 1.165) is 0 Å². The predicted molar refractivity (Wildman–Crippen MR) is 288 cm³/mol. The summed E-state index contributed by atoms with van der Waals surface area (Å²) in [6.45, 7) is 21.7. The molecule has 0 bridgehead atoms. The largest absolute Gasteiger partial charge is 0.375 e. The second-order valence-electron chi connectivity index (χ2n) is 22.5. The number of para-hydroxylation sites is 1. The molecule has 0 N–H and O–H groups in total. The van der Waals surface area contributed by atoms with Crippen molar-refractivity contribution in [2.45, 2.75) is 84.0 Å². The highest BCUT2D eigenvalue weighted by molar-refractivity contribution is 7.26. The number of anilines is 3. The first kappa shape index (κ1) is 39.5. The maximum atomic E-state index is 2.83. The van der Waals surface area contributed by atoms with Crippen LogP contribution in [0.2, 0.25) is 0 Å². The maximum absolute atomic E-state index is 2.83. The molecule has 2 nitrogen and oxygen atoms in total. The highest BCUT2D eigenvalue weighted by atomic mass is 32.1. The average molecular weight is 881 g/mol. The minimum absolute atomic E-state index is 0.0311. The Hall–Kier alpha value is -6.62. The molecule has 4 heterocycles. The number of nitrogens with zero attached hydrogens (tertiary/aromatic N) is 2. The molecule has 0 fully saturated rings. The molecule has 0 unspecified atom stereocenters. The van der Waals surface area contributed by atoms with E-state index in [9.17, 15) is 0 Å². The Bertz CT molecular complexity index is 3830. The Balaban J connectivity index is 1.21. The molecular formula is C63H53BN2S. The fraction of sp³-hybridized carbons (Fsp3) is 0.206. The van der Waals surface area contributed by atoms with Gasteiger partial charge in [-0.3, -0.25) is 0 Å². The number of fused-ring (bicyclic) bond motifs is 15. The molecule has 0 radical (unpaired) electrons. The molecule has 67 heavy (non-hydrogen) atoms. The SMILES string of the molecule is CC(C)(C)c1ccc(N2c3cc4c(cc3B3c5c2cc2c(sc6ccccc62)c5-c2cccc5c6c(n3c25)-c2ccccc2C6(C)C)C(C)(C)c2ccccc2C4(C)C)c(-c2ccccc2)c1. The molecule has 0 saturated heterocycles. The van der Waals surface area contributed by atoms with Crippen molar-refractivity contribution in [1.29, 1.82) is 0 Å². The van der Waals surface area contributed by atoms with Gasteiger partial charge in [0, 0.05) is 86.6 Å². The first-order valence-electron chi connectivity index (χ1n) is 24.2. The van der Waals surface area contributed by atoms with Crippen molar-refractivity contribution >= 4 is 77.2 Å². The van der Waals surface area contributed by atoms with Crippen LogP contribution < -0.4 is 15.8 Å². The molecule has 0 atom stereocenters. The molecule has 8 aromatic carbocycles. The van der Waals surface area contributed by atoms with E-state index < -0.39 is 0 Å². The lowest BCUT2D eigenvalue weighted by Crippen LogP contribution is -2.57. The third-order valence-corrected chi connectivity index (χ3v) is 17.9. The molecule has 2 aliphatic carbocycles. The van der Waals surface area contributed by atoms with Gasteiger partial charge >= 0.3 is 6.85 Å². The van der Waals surface area contributed by atoms with Gasteiger partial charge in [-0.25, -0.2) is 0 Å². The van der Waals surface area contributed by atoms with Crippen LogP contribution in [-0.4, -0.2) is 11.3 Å². The zero-order valence-corrected chi connectivity index (χ0v) is 40.7. The number of hydrogen-bond acceptors (Lipinski definition) is 2. The fourth-order valence-corrected chi connectivity index (χ4v) is 14.7.